The fourth-order valence-electron chi connectivity index (χ4n) is 3.54. The molecule has 0 radical (unpaired) electrons. The summed E-state index contributed by atoms with van der Waals surface area (Å²) in [5.41, 5.74) is 1.95. The van der Waals surface area contributed by atoms with Crippen LogP contribution in [0.2, 0.25) is 0 Å². The average molecular weight is 330 g/mol. The van der Waals surface area contributed by atoms with E-state index in [9.17, 15) is 9.90 Å². The van der Waals surface area contributed by atoms with Crippen LogP contribution in [-0.4, -0.2) is 51.3 Å². The van der Waals surface area contributed by atoms with Crippen molar-refractivity contribution in [2.24, 2.45) is 5.92 Å². The topological polar surface area (TPSA) is 101 Å². The molecule has 8 nitrogen and oxygen atoms in total. The number of hydrogen-bond donors (Lipinski definition) is 2. The minimum absolute atomic E-state index is 0.0293. The number of carboxylic acid groups (broad SMARTS) is 1. The van der Waals surface area contributed by atoms with Crippen molar-refractivity contribution in [3.63, 3.8) is 0 Å². The summed E-state index contributed by atoms with van der Waals surface area (Å²) in [5, 5.41) is 19.8. The maximum Gasteiger partial charge on any atom is 0.303 e. The van der Waals surface area contributed by atoms with Gasteiger partial charge in [0.25, 0.3) is 0 Å². The van der Waals surface area contributed by atoms with E-state index in [-0.39, 0.29) is 25.0 Å². The zero-order chi connectivity index (χ0) is 16.5. The Bertz CT molecular complexity index is 734. The molecule has 126 valence electrons. The number of H-pyrrole nitrogens is 1. The van der Waals surface area contributed by atoms with Gasteiger partial charge in [-0.25, -0.2) is 0 Å². The molecule has 2 aliphatic rings. The number of carbonyl (C=O) groups is 1. The number of fused-ring (bicyclic) bond motifs is 1. The number of aromatic nitrogens is 3. The summed E-state index contributed by atoms with van der Waals surface area (Å²) >= 11 is 0. The van der Waals surface area contributed by atoms with Gasteiger partial charge in [0.15, 0.2) is 11.5 Å². The third-order valence-corrected chi connectivity index (χ3v) is 4.61. The summed E-state index contributed by atoms with van der Waals surface area (Å²) in [6.07, 6.45) is 1.82. The molecule has 0 bridgehead atoms. The Morgan fingerprint density at radius 3 is 3.00 bits per heavy atom. The number of aromatic amines is 1. The molecule has 1 aromatic carbocycles. The SMILES string of the molecule is O=C(O)C[C@@H]1CN(Cc2ccc3c(c2)OCO3)C[C@@H]1c1cn[nH]n1. The van der Waals surface area contributed by atoms with E-state index in [2.05, 4.69) is 20.3 Å². The molecule has 0 amide bonds. The van der Waals surface area contributed by atoms with Crippen molar-refractivity contribution in [2.75, 3.05) is 19.9 Å². The molecule has 1 saturated heterocycles. The van der Waals surface area contributed by atoms with Gasteiger partial charge in [-0.1, -0.05) is 6.07 Å². The van der Waals surface area contributed by atoms with Gasteiger partial charge < -0.3 is 14.6 Å². The van der Waals surface area contributed by atoms with E-state index >= 15 is 0 Å². The molecular weight excluding hydrogens is 312 g/mol. The van der Waals surface area contributed by atoms with Crippen LogP contribution in [0.4, 0.5) is 0 Å². The summed E-state index contributed by atoms with van der Waals surface area (Å²) in [6, 6.07) is 5.92. The van der Waals surface area contributed by atoms with Crippen molar-refractivity contribution in [2.45, 2.75) is 18.9 Å². The monoisotopic (exact) mass is 330 g/mol. The molecule has 0 saturated carbocycles. The van der Waals surface area contributed by atoms with Crippen molar-refractivity contribution < 1.29 is 19.4 Å². The van der Waals surface area contributed by atoms with Crippen molar-refractivity contribution in [3.05, 3.63) is 35.7 Å². The van der Waals surface area contributed by atoms with Crippen LogP contribution >= 0.6 is 0 Å². The Hall–Kier alpha value is -2.61. The van der Waals surface area contributed by atoms with Crippen LogP contribution in [0.15, 0.2) is 24.4 Å². The standard InChI is InChI=1S/C16H18N4O4/c21-16(22)4-11-7-20(8-12(11)13-5-17-19-18-13)6-10-1-2-14-15(3-10)24-9-23-14/h1-3,5,11-12H,4,6-9H2,(H,21,22)(H,17,18,19)/t11-,12+/m1/s1. The van der Waals surface area contributed by atoms with Gasteiger partial charge in [-0.3, -0.25) is 9.69 Å². The second-order valence-electron chi connectivity index (χ2n) is 6.24. The lowest BCUT2D eigenvalue weighted by Crippen LogP contribution is -2.20. The molecule has 1 fully saturated rings. The molecule has 0 aliphatic carbocycles. The predicted octanol–water partition coefficient (Wildman–Crippen LogP) is 1.22. The van der Waals surface area contributed by atoms with E-state index in [4.69, 9.17) is 9.47 Å². The molecule has 0 spiro atoms. The van der Waals surface area contributed by atoms with Gasteiger partial charge in [-0.15, -0.1) is 0 Å². The van der Waals surface area contributed by atoms with Crippen LogP contribution in [0.5, 0.6) is 11.5 Å². The Kier molecular flexibility index (Phi) is 3.81. The van der Waals surface area contributed by atoms with E-state index < -0.39 is 5.97 Å². The van der Waals surface area contributed by atoms with Crippen molar-refractivity contribution >= 4 is 5.97 Å². The van der Waals surface area contributed by atoms with Crippen LogP contribution < -0.4 is 9.47 Å². The van der Waals surface area contributed by atoms with E-state index in [0.717, 1.165) is 42.4 Å². The number of benzene rings is 1. The Labute approximate surface area is 138 Å². The average Bonchev–Trinajstić information content (AvgIpc) is 3.26. The van der Waals surface area contributed by atoms with Crippen molar-refractivity contribution in [3.8, 4) is 11.5 Å². The molecule has 2 N–H and O–H groups in total. The predicted molar refractivity (Wildman–Crippen MR) is 82.7 cm³/mol. The molecule has 1 aromatic heterocycles. The number of nitrogens with one attached hydrogen (secondary N) is 1. The first-order chi connectivity index (χ1) is 11.7. The molecule has 2 aliphatic heterocycles. The van der Waals surface area contributed by atoms with Gasteiger partial charge in [0.1, 0.15) is 0 Å². The summed E-state index contributed by atoms with van der Waals surface area (Å²) in [6.45, 7) is 2.48. The number of nitrogens with zero attached hydrogens (tertiary/aromatic N) is 3. The molecule has 8 heteroatoms. The van der Waals surface area contributed by atoms with Crippen LogP contribution in [0.1, 0.15) is 23.6 Å². The van der Waals surface area contributed by atoms with Gasteiger partial charge in [0.2, 0.25) is 6.79 Å². The highest BCUT2D eigenvalue weighted by Gasteiger charge is 2.36. The van der Waals surface area contributed by atoms with Crippen LogP contribution in [0, 0.1) is 5.92 Å². The Morgan fingerprint density at radius 1 is 1.33 bits per heavy atom. The number of likely N-dealkylation sites (tertiary alicyclic amines) is 1. The Morgan fingerprint density at radius 2 is 2.21 bits per heavy atom. The van der Waals surface area contributed by atoms with Crippen molar-refractivity contribution in [1.29, 1.82) is 0 Å². The summed E-state index contributed by atoms with van der Waals surface area (Å²) in [4.78, 5) is 13.4. The van der Waals surface area contributed by atoms with Gasteiger partial charge in [-0.05, 0) is 23.6 Å². The van der Waals surface area contributed by atoms with Gasteiger partial charge in [-0.2, -0.15) is 15.4 Å². The van der Waals surface area contributed by atoms with Crippen LogP contribution in [-0.2, 0) is 11.3 Å². The minimum Gasteiger partial charge on any atom is -0.481 e. The van der Waals surface area contributed by atoms with E-state index in [1.807, 2.05) is 18.2 Å². The van der Waals surface area contributed by atoms with Crippen LogP contribution in [0.25, 0.3) is 0 Å². The molecule has 2 atom stereocenters. The zero-order valence-electron chi connectivity index (χ0n) is 13.0. The Balaban J connectivity index is 1.49. The summed E-state index contributed by atoms with van der Waals surface area (Å²) < 4.78 is 10.7. The maximum atomic E-state index is 11.2. The first kappa shape index (κ1) is 14.9. The molecule has 24 heavy (non-hydrogen) atoms. The lowest BCUT2D eigenvalue weighted by atomic mass is 9.91. The molecule has 3 heterocycles. The van der Waals surface area contributed by atoms with Gasteiger partial charge in [0.05, 0.1) is 18.3 Å². The molecular formula is C16H18N4O4. The van der Waals surface area contributed by atoms with Crippen LogP contribution in [0.3, 0.4) is 0 Å². The fraction of sp³-hybridized carbons (Fsp3) is 0.438. The van der Waals surface area contributed by atoms with E-state index in [1.54, 1.807) is 6.20 Å². The number of hydrogen-bond acceptors (Lipinski definition) is 6. The summed E-state index contributed by atoms with van der Waals surface area (Å²) in [5.74, 6) is 0.861. The van der Waals surface area contributed by atoms with Crippen molar-refractivity contribution in [1.82, 2.24) is 20.3 Å². The third-order valence-electron chi connectivity index (χ3n) is 4.61. The second-order valence-corrected chi connectivity index (χ2v) is 6.24. The number of rotatable bonds is 5. The zero-order valence-corrected chi connectivity index (χ0v) is 13.0. The van der Waals surface area contributed by atoms with E-state index in [1.165, 1.54) is 0 Å². The van der Waals surface area contributed by atoms with Gasteiger partial charge in [0, 0.05) is 25.6 Å². The first-order valence-corrected chi connectivity index (χ1v) is 7.87. The molecule has 4 rings (SSSR count). The largest absolute Gasteiger partial charge is 0.481 e. The highest BCUT2D eigenvalue weighted by atomic mass is 16.7. The highest BCUT2D eigenvalue weighted by molar-refractivity contribution is 5.67. The summed E-state index contributed by atoms with van der Waals surface area (Å²) in [7, 11) is 0. The number of aliphatic carboxylic acids is 1. The molecule has 0 unspecified atom stereocenters. The number of ether oxygens (including phenoxy) is 2. The fourth-order valence-corrected chi connectivity index (χ4v) is 3.54. The molecule has 2 aromatic rings. The third kappa shape index (κ3) is 2.92. The van der Waals surface area contributed by atoms with E-state index in [0.29, 0.717) is 0 Å². The number of carboxylic acids is 1. The maximum absolute atomic E-state index is 11.2. The second kappa shape index (κ2) is 6.12. The first-order valence-electron chi connectivity index (χ1n) is 7.87. The van der Waals surface area contributed by atoms with Gasteiger partial charge >= 0.3 is 5.97 Å². The highest BCUT2D eigenvalue weighted by Crippen LogP contribution is 2.36. The smallest absolute Gasteiger partial charge is 0.303 e. The quantitative estimate of drug-likeness (QED) is 0.850. The lowest BCUT2D eigenvalue weighted by Gasteiger charge is -2.15. The lowest BCUT2D eigenvalue weighted by molar-refractivity contribution is -0.138. The minimum atomic E-state index is -0.779. The normalized spacial score (nSPS) is 22.8.